The van der Waals surface area contributed by atoms with E-state index in [1.165, 1.54) is 0 Å². The average molecular weight is 371 g/mol. The van der Waals surface area contributed by atoms with Crippen LogP contribution in [0.2, 0.25) is 0 Å². The van der Waals surface area contributed by atoms with E-state index in [2.05, 4.69) is 15.5 Å². The number of rotatable bonds is 8. The Balaban J connectivity index is 1.43. The first-order valence-electron chi connectivity index (χ1n) is 9.53. The Bertz CT molecular complexity index is 764. The van der Waals surface area contributed by atoms with Crippen molar-refractivity contribution in [2.24, 2.45) is 17.8 Å². The Kier molecular flexibility index (Phi) is 5.38. The van der Waals surface area contributed by atoms with Gasteiger partial charge in [0.2, 0.25) is 17.6 Å². The highest BCUT2D eigenvalue weighted by Crippen LogP contribution is 2.56. The van der Waals surface area contributed by atoms with Crippen molar-refractivity contribution in [3.05, 3.63) is 42.0 Å². The summed E-state index contributed by atoms with van der Waals surface area (Å²) in [6, 6.07) is 9.54. The maximum Gasteiger partial charge on any atom is 0.230 e. The quantitative estimate of drug-likeness (QED) is 0.718. The van der Waals surface area contributed by atoms with Crippen molar-refractivity contribution in [2.45, 2.75) is 31.8 Å². The molecule has 7 heteroatoms. The molecule has 4 atom stereocenters. The van der Waals surface area contributed by atoms with Gasteiger partial charge in [0.1, 0.15) is 5.75 Å². The molecular weight excluding hydrogens is 346 g/mol. The Morgan fingerprint density at radius 3 is 2.89 bits per heavy atom. The zero-order valence-electron chi connectivity index (χ0n) is 15.5. The lowest BCUT2D eigenvalue weighted by Crippen LogP contribution is -2.38. The van der Waals surface area contributed by atoms with Gasteiger partial charge in [-0.1, -0.05) is 23.4 Å². The number of amides is 1. The van der Waals surface area contributed by atoms with E-state index in [1.807, 2.05) is 30.3 Å². The second-order valence-electron chi connectivity index (χ2n) is 7.32. The predicted octanol–water partition coefficient (Wildman–Crippen LogP) is 2.54. The normalized spacial score (nSPS) is 26.3. The summed E-state index contributed by atoms with van der Waals surface area (Å²) in [6.45, 7) is 1.29. The number of hydrogen-bond acceptors (Lipinski definition) is 6. The largest absolute Gasteiger partial charge is 0.485 e. The lowest BCUT2D eigenvalue weighted by atomic mass is 9.78. The van der Waals surface area contributed by atoms with Crippen LogP contribution in [0.4, 0.5) is 0 Å². The van der Waals surface area contributed by atoms with E-state index in [0.29, 0.717) is 36.7 Å². The van der Waals surface area contributed by atoms with E-state index < -0.39 is 0 Å². The van der Waals surface area contributed by atoms with Crippen LogP contribution in [-0.4, -0.2) is 36.3 Å². The number of carbonyl (C=O) groups excluding carboxylic acids is 1. The molecule has 7 nitrogen and oxygen atoms in total. The fourth-order valence-electron chi connectivity index (χ4n) is 4.54. The van der Waals surface area contributed by atoms with Gasteiger partial charge in [0.05, 0.1) is 18.4 Å². The van der Waals surface area contributed by atoms with Gasteiger partial charge in [0, 0.05) is 13.7 Å². The highest BCUT2D eigenvalue weighted by atomic mass is 16.5. The first-order valence-corrected chi connectivity index (χ1v) is 9.53. The summed E-state index contributed by atoms with van der Waals surface area (Å²) in [5.74, 6) is 2.67. The van der Waals surface area contributed by atoms with Crippen LogP contribution in [-0.2, 0) is 16.1 Å². The molecule has 2 saturated carbocycles. The standard InChI is InChI=1S/C20H25N3O4/c1-25-10-9-21-19(24)17-13-7-8-14(11-13)18(17)20-22-16(23-27-20)12-26-15-5-3-2-4-6-15/h2-6,13-14,17-18H,7-12H2,1H3,(H,21,24)/t13-,14+,17-,18-/m0/s1. The van der Waals surface area contributed by atoms with E-state index in [1.54, 1.807) is 7.11 Å². The molecule has 1 heterocycles. The molecule has 2 bridgehead atoms. The van der Waals surface area contributed by atoms with Gasteiger partial charge in [-0.25, -0.2) is 0 Å². The van der Waals surface area contributed by atoms with E-state index in [9.17, 15) is 4.79 Å². The van der Waals surface area contributed by atoms with Crippen LogP contribution in [0.1, 0.15) is 36.9 Å². The van der Waals surface area contributed by atoms with E-state index >= 15 is 0 Å². The second-order valence-corrected chi connectivity index (χ2v) is 7.32. The third kappa shape index (κ3) is 3.83. The lowest BCUT2D eigenvalue weighted by molar-refractivity contribution is -0.127. The van der Waals surface area contributed by atoms with Crippen LogP contribution in [0.3, 0.4) is 0 Å². The number of carbonyl (C=O) groups is 1. The number of para-hydroxylation sites is 1. The van der Waals surface area contributed by atoms with Gasteiger partial charge >= 0.3 is 0 Å². The van der Waals surface area contributed by atoms with E-state index in [-0.39, 0.29) is 24.3 Å². The Morgan fingerprint density at radius 1 is 1.26 bits per heavy atom. The summed E-state index contributed by atoms with van der Waals surface area (Å²) in [5, 5.41) is 7.05. The molecule has 27 heavy (non-hydrogen) atoms. The van der Waals surface area contributed by atoms with Crippen molar-refractivity contribution in [1.29, 1.82) is 0 Å². The number of hydrogen-bond donors (Lipinski definition) is 1. The zero-order valence-corrected chi connectivity index (χ0v) is 15.5. The molecule has 0 aliphatic heterocycles. The molecule has 2 aliphatic carbocycles. The van der Waals surface area contributed by atoms with Crippen LogP contribution in [0.5, 0.6) is 5.75 Å². The van der Waals surface area contributed by atoms with Crippen LogP contribution in [0.15, 0.2) is 34.9 Å². The van der Waals surface area contributed by atoms with Gasteiger partial charge in [0.25, 0.3) is 0 Å². The van der Waals surface area contributed by atoms with Crippen molar-refractivity contribution in [1.82, 2.24) is 15.5 Å². The first-order chi connectivity index (χ1) is 13.3. The molecule has 2 fully saturated rings. The Hall–Kier alpha value is -2.41. The van der Waals surface area contributed by atoms with Gasteiger partial charge in [-0.2, -0.15) is 4.98 Å². The van der Waals surface area contributed by atoms with Crippen molar-refractivity contribution < 1.29 is 18.8 Å². The summed E-state index contributed by atoms with van der Waals surface area (Å²) in [7, 11) is 1.63. The smallest absolute Gasteiger partial charge is 0.230 e. The minimum absolute atomic E-state index is 0.00395. The van der Waals surface area contributed by atoms with E-state index in [4.69, 9.17) is 14.0 Å². The van der Waals surface area contributed by atoms with Crippen LogP contribution < -0.4 is 10.1 Å². The molecule has 2 aromatic rings. The number of fused-ring (bicyclic) bond motifs is 2. The molecule has 2 aliphatic rings. The number of ether oxygens (including phenoxy) is 2. The van der Waals surface area contributed by atoms with Crippen LogP contribution in [0, 0.1) is 17.8 Å². The highest BCUT2D eigenvalue weighted by molar-refractivity contribution is 5.80. The molecule has 1 N–H and O–H groups in total. The lowest BCUT2D eigenvalue weighted by Gasteiger charge is -2.27. The monoisotopic (exact) mass is 371 g/mol. The maximum absolute atomic E-state index is 12.7. The van der Waals surface area contributed by atoms with Crippen LogP contribution >= 0.6 is 0 Å². The van der Waals surface area contributed by atoms with E-state index in [0.717, 1.165) is 25.0 Å². The number of nitrogens with zero attached hydrogens (tertiary/aromatic N) is 2. The Labute approximate surface area is 158 Å². The highest BCUT2D eigenvalue weighted by Gasteiger charge is 2.53. The minimum Gasteiger partial charge on any atom is -0.485 e. The van der Waals surface area contributed by atoms with Crippen LogP contribution in [0.25, 0.3) is 0 Å². The molecule has 0 radical (unpaired) electrons. The SMILES string of the molecule is COCCNC(=O)[C@H]1[C@H]2CC[C@H](C2)[C@@H]1c1nc(COc2ccccc2)no1. The fraction of sp³-hybridized carbons (Fsp3) is 0.550. The fourth-order valence-corrected chi connectivity index (χ4v) is 4.54. The summed E-state index contributed by atoms with van der Waals surface area (Å²) >= 11 is 0. The van der Waals surface area contributed by atoms with Gasteiger partial charge in [-0.05, 0) is 43.2 Å². The summed E-state index contributed by atoms with van der Waals surface area (Å²) in [4.78, 5) is 17.3. The van der Waals surface area contributed by atoms with Crippen molar-refractivity contribution >= 4 is 5.91 Å². The van der Waals surface area contributed by atoms with Gasteiger partial charge < -0.3 is 19.3 Å². The molecule has 0 spiro atoms. The molecule has 144 valence electrons. The number of benzene rings is 1. The molecule has 1 aromatic heterocycles. The maximum atomic E-state index is 12.7. The molecule has 1 amide bonds. The first kappa shape index (κ1) is 18.0. The van der Waals surface area contributed by atoms with Gasteiger partial charge in [0.15, 0.2) is 6.61 Å². The van der Waals surface area contributed by atoms with Gasteiger partial charge in [-0.15, -0.1) is 0 Å². The number of aromatic nitrogens is 2. The third-order valence-corrected chi connectivity index (χ3v) is 5.70. The third-order valence-electron chi connectivity index (χ3n) is 5.70. The van der Waals surface area contributed by atoms with Gasteiger partial charge in [-0.3, -0.25) is 4.79 Å². The van der Waals surface area contributed by atoms with Crippen molar-refractivity contribution in [3.8, 4) is 5.75 Å². The number of methoxy groups -OCH3 is 1. The molecule has 0 saturated heterocycles. The summed E-state index contributed by atoms with van der Waals surface area (Å²) in [5.41, 5.74) is 0. The zero-order chi connectivity index (χ0) is 18.6. The van der Waals surface area contributed by atoms with Crippen molar-refractivity contribution in [3.63, 3.8) is 0 Å². The minimum atomic E-state index is -0.0936. The number of nitrogens with one attached hydrogen (secondary N) is 1. The predicted molar refractivity (Wildman–Crippen MR) is 97.0 cm³/mol. The average Bonchev–Trinajstić information content (AvgIpc) is 3.42. The van der Waals surface area contributed by atoms with Crippen molar-refractivity contribution in [2.75, 3.05) is 20.3 Å². The molecule has 1 aromatic carbocycles. The molecule has 4 rings (SSSR count). The topological polar surface area (TPSA) is 86.5 Å². The summed E-state index contributed by atoms with van der Waals surface area (Å²) < 4.78 is 16.3. The molecular formula is C20H25N3O4. The molecule has 0 unspecified atom stereocenters. The Morgan fingerprint density at radius 2 is 2.07 bits per heavy atom. The second kappa shape index (κ2) is 8.08. The summed E-state index contributed by atoms with van der Waals surface area (Å²) in [6.07, 6.45) is 3.28.